The first-order valence-electron chi connectivity index (χ1n) is 7.96. The van der Waals surface area contributed by atoms with Gasteiger partial charge in [-0.05, 0) is 56.2 Å². The fourth-order valence-corrected chi connectivity index (χ4v) is 3.37. The van der Waals surface area contributed by atoms with Gasteiger partial charge >= 0.3 is 0 Å². The molecule has 0 aliphatic heterocycles. The summed E-state index contributed by atoms with van der Waals surface area (Å²) in [6.45, 7) is 2.89. The lowest BCUT2D eigenvalue weighted by atomic mass is 9.77. The van der Waals surface area contributed by atoms with E-state index in [1.165, 1.54) is 23.8 Å². The van der Waals surface area contributed by atoms with E-state index in [4.69, 9.17) is 10.5 Å². The minimum Gasteiger partial charge on any atom is -0.378 e. The van der Waals surface area contributed by atoms with Crippen LogP contribution >= 0.6 is 0 Å². The molecule has 1 fully saturated rings. The molecule has 1 heterocycles. The van der Waals surface area contributed by atoms with Gasteiger partial charge in [0.05, 0.1) is 11.6 Å². The average Bonchev–Trinajstić information content (AvgIpc) is 2.45. The summed E-state index contributed by atoms with van der Waals surface area (Å²) in [6.07, 6.45) is 6.75. The number of nitrogens with zero attached hydrogens (tertiary/aromatic N) is 1. The van der Waals surface area contributed by atoms with Gasteiger partial charge in [0.2, 0.25) is 0 Å². The van der Waals surface area contributed by atoms with E-state index in [9.17, 15) is 0 Å². The van der Waals surface area contributed by atoms with Crippen LogP contribution in [0, 0.1) is 5.92 Å². The van der Waals surface area contributed by atoms with Crippen LogP contribution in [0.15, 0.2) is 36.5 Å². The SMILES string of the molecule is CCOC1CC(CC(N)Cc2ccnc3ccccc23)C1. The van der Waals surface area contributed by atoms with Crippen molar-refractivity contribution in [3.05, 3.63) is 42.1 Å². The highest BCUT2D eigenvalue weighted by atomic mass is 16.5. The van der Waals surface area contributed by atoms with E-state index in [0.29, 0.717) is 6.10 Å². The Hall–Kier alpha value is -1.45. The molecule has 2 N–H and O–H groups in total. The Labute approximate surface area is 126 Å². The van der Waals surface area contributed by atoms with Gasteiger partial charge in [-0.3, -0.25) is 4.98 Å². The van der Waals surface area contributed by atoms with Gasteiger partial charge in [-0.2, -0.15) is 0 Å². The topological polar surface area (TPSA) is 48.1 Å². The van der Waals surface area contributed by atoms with Crippen LogP contribution in [0.4, 0.5) is 0 Å². The van der Waals surface area contributed by atoms with E-state index in [1.54, 1.807) is 0 Å². The number of hydrogen-bond acceptors (Lipinski definition) is 3. The minimum atomic E-state index is 0.225. The highest BCUT2D eigenvalue weighted by Crippen LogP contribution is 2.34. The molecule has 1 aromatic heterocycles. The normalized spacial score (nSPS) is 23.0. The maximum atomic E-state index is 6.37. The summed E-state index contributed by atoms with van der Waals surface area (Å²) in [6, 6.07) is 10.6. The van der Waals surface area contributed by atoms with Crippen LogP contribution in [0.25, 0.3) is 10.9 Å². The van der Waals surface area contributed by atoms with E-state index in [2.05, 4.69) is 36.2 Å². The standard InChI is InChI=1S/C18H24N2O/c1-2-21-16-10-13(11-16)9-15(19)12-14-7-8-20-18-6-4-3-5-17(14)18/h3-8,13,15-16H,2,9-12,19H2,1H3. The molecule has 3 nitrogen and oxygen atoms in total. The molecule has 0 saturated heterocycles. The van der Waals surface area contributed by atoms with Crippen molar-refractivity contribution >= 4 is 10.9 Å². The zero-order valence-corrected chi connectivity index (χ0v) is 12.7. The van der Waals surface area contributed by atoms with Gasteiger partial charge in [-0.25, -0.2) is 0 Å². The molecular formula is C18H24N2O. The lowest BCUT2D eigenvalue weighted by Gasteiger charge is -2.36. The number of nitrogens with two attached hydrogens (primary N) is 1. The quantitative estimate of drug-likeness (QED) is 0.885. The second kappa shape index (κ2) is 6.54. The highest BCUT2D eigenvalue weighted by Gasteiger charge is 2.30. The molecule has 112 valence electrons. The Bertz CT molecular complexity index is 587. The fraction of sp³-hybridized carbons (Fsp3) is 0.500. The van der Waals surface area contributed by atoms with Crippen LogP contribution in [-0.4, -0.2) is 23.7 Å². The third-order valence-electron chi connectivity index (χ3n) is 4.45. The van der Waals surface area contributed by atoms with Gasteiger partial charge in [0.25, 0.3) is 0 Å². The predicted octanol–water partition coefficient (Wildman–Crippen LogP) is 3.31. The number of para-hydroxylation sites is 1. The Balaban J connectivity index is 1.58. The van der Waals surface area contributed by atoms with Crippen molar-refractivity contribution in [2.75, 3.05) is 6.61 Å². The molecule has 1 aliphatic rings. The number of pyridine rings is 1. The number of benzene rings is 1. The van der Waals surface area contributed by atoms with Gasteiger partial charge in [0.1, 0.15) is 0 Å². The van der Waals surface area contributed by atoms with Crippen LogP contribution in [0.2, 0.25) is 0 Å². The zero-order chi connectivity index (χ0) is 14.7. The van der Waals surface area contributed by atoms with Crippen LogP contribution in [0.1, 0.15) is 31.7 Å². The molecule has 3 heteroatoms. The van der Waals surface area contributed by atoms with Crippen molar-refractivity contribution in [2.45, 2.75) is 44.8 Å². The van der Waals surface area contributed by atoms with E-state index in [0.717, 1.165) is 30.9 Å². The van der Waals surface area contributed by atoms with Gasteiger partial charge in [-0.1, -0.05) is 18.2 Å². The lowest BCUT2D eigenvalue weighted by molar-refractivity contribution is -0.0280. The first-order chi connectivity index (χ1) is 10.3. The highest BCUT2D eigenvalue weighted by molar-refractivity contribution is 5.81. The summed E-state index contributed by atoms with van der Waals surface area (Å²) in [5.41, 5.74) is 8.74. The zero-order valence-electron chi connectivity index (χ0n) is 12.7. The van der Waals surface area contributed by atoms with Gasteiger partial charge < -0.3 is 10.5 Å². The summed E-state index contributed by atoms with van der Waals surface area (Å²) in [4.78, 5) is 4.41. The maximum absolute atomic E-state index is 6.37. The molecule has 0 spiro atoms. The molecule has 0 radical (unpaired) electrons. The van der Waals surface area contributed by atoms with Crippen LogP contribution in [-0.2, 0) is 11.2 Å². The van der Waals surface area contributed by atoms with Crippen molar-refractivity contribution < 1.29 is 4.74 Å². The molecule has 1 aliphatic carbocycles. The first-order valence-corrected chi connectivity index (χ1v) is 7.96. The van der Waals surface area contributed by atoms with Gasteiger partial charge in [-0.15, -0.1) is 0 Å². The van der Waals surface area contributed by atoms with Crippen molar-refractivity contribution in [3.8, 4) is 0 Å². The van der Waals surface area contributed by atoms with Crippen LogP contribution in [0.3, 0.4) is 0 Å². The molecule has 1 unspecified atom stereocenters. The Morgan fingerprint density at radius 1 is 1.29 bits per heavy atom. The summed E-state index contributed by atoms with van der Waals surface area (Å²) in [5, 5.41) is 1.23. The van der Waals surface area contributed by atoms with Crippen molar-refractivity contribution in [1.29, 1.82) is 0 Å². The minimum absolute atomic E-state index is 0.225. The Morgan fingerprint density at radius 2 is 2.10 bits per heavy atom. The number of hydrogen-bond donors (Lipinski definition) is 1. The van der Waals surface area contributed by atoms with E-state index in [1.807, 2.05) is 12.3 Å². The third kappa shape index (κ3) is 3.42. The monoisotopic (exact) mass is 284 g/mol. The second-order valence-electron chi connectivity index (χ2n) is 6.10. The molecule has 21 heavy (non-hydrogen) atoms. The smallest absolute Gasteiger partial charge is 0.0704 e. The number of ether oxygens (including phenoxy) is 1. The Kier molecular flexibility index (Phi) is 4.51. The molecule has 3 rings (SSSR count). The lowest BCUT2D eigenvalue weighted by Crippen LogP contribution is -2.36. The summed E-state index contributed by atoms with van der Waals surface area (Å²) in [7, 11) is 0. The molecule has 0 bridgehead atoms. The molecular weight excluding hydrogens is 260 g/mol. The number of rotatable bonds is 6. The van der Waals surface area contributed by atoms with Crippen LogP contribution in [0.5, 0.6) is 0 Å². The predicted molar refractivity (Wildman–Crippen MR) is 86.2 cm³/mol. The van der Waals surface area contributed by atoms with Crippen molar-refractivity contribution in [2.24, 2.45) is 11.7 Å². The van der Waals surface area contributed by atoms with E-state index in [-0.39, 0.29) is 6.04 Å². The molecule has 1 aromatic carbocycles. The third-order valence-corrected chi connectivity index (χ3v) is 4.45. The molecule has 1 saturated carbocycles. The summed E-state index contributed by atoms with van der Waals surface area (Å²) in [5.74, 6) is 0.740. The van der Waals surface area contributed by atoms with E-state index < -0.39 is 0 Å². The summed E-state index contributed by atoms with van der Waals surface area (Å²) < 4.78 is 5.62. The van der Waals surface area contributed by atoms with Crippen molar-refractivity contribution in [1.82, 2.24) is 4.98 Å². The molecule has 2 aromatic rings. The number of aromatic nitrogens is 1. The maximum Gasteiger partial charge on any atom is 0.0704 e. The average molecular weight is 284 g/mol. The largest absolute Gasteiger partial charge is 0.378 e. The molecule has 1 atom stereocenters. The van der Waals surface area contributed by atoms with Gasteiger partial charge in [0, 0.05) is 24.2 Å². The Morgan fingerprint density at radius 3 is 2.90 bits per heavy atom. The summed E-state index contributed by atoms with van der Waals surface area (Å²) >= 11 is 0. The first kappa shape index (κ1) is 14.5. The van der Waals surface area contributed by atoms with Gasteiger partial charge in [0.15, 0.2) is 0 Å². The van der Waals surface area contributed by atoms with E-state index >= 15 is 0 Å². The molecule has 0 amide bonds. The fourth-order valence-electron chi connectivity index (χ4n) is 3.37. The van der Waals surface area contributed by atoms with Crippen molar-refractivity contribution in [3.63, 3.8) is 0 Å². The van der Waals surface area contributed by atoms with Crippen LogP contribution < -0.4 is 5.73 Å². The second-order valence-corrected chi connectivity index (χ2v) is 6.10. The number of fused-ring (bicyclic) bond motifs is 1.